The van der Waals surface area contributed by atoms with Crippen molar-refractivity contribution < 1.29 is 9.53 Å². The normalized spacial score (nSPS) is 28.9. The van der Waals surface area contributed by atoms with Gasteiger partial charge in [-0.1, -0.05) is 0 Å². The lowest BCUT2D eigenvalue weighted by molar-refractivity contribution is -0.153. The van der Waals surface area contributed by atoms with Gasteiger partial charge in [-0.2, -0.15) is 11.8 Å². The van der Waals surface area contributed by atoms with E-state index >= 15 is 0 Å². The molecule has 1 atom stereocenters. The highest BCUT2D eigenvalue weighted by Crippen LogP contribution is 2.15. The molecule has 0 aromatic carbocycles. The monoisotopic (exact) mass is 244 g/mol. The summed E-state index contributed by atoms with van der Waals surface area (Å²) in [7, 11) is 2.11. The fourth-order valence-electron chi connectivity index (χ4n) is 2.07. The van der Waals surface area contributed by atoms with Gasteiger partial charge in [0, 0.05) is 31.1 Å². The lowest BCUT2D eigenvalue weighted by Crippen LogP contribution is -2.46. The first kappa shape index (κ1) is 12.2. The third-order valence-corrected chi connectivity index (χ3v) is 4.22. The highest BCUT2D eigenvalue weighted by atomic mass is 32.2. The lowest BCUT2D eigenvalue weighted by Gasteiger charge is -2.30. The average molecular weight is 244 g/mol. The third-order valence-electron chi connectivity index (χ3n) is 3.15. The van der Waals surface area contributed by atoms with Gasteiger partial charge in [-0.15, -0.1) is 0 Å². The van der Waals surface area contributed by atoms with Gasteiger partial charge in [0.1, 0.15) is 12.1 Å². The van der Waals surface area contributed by atoms with Gasteiger partial charge in [0.05, 0.1) is 0 Å². The van der Waals surface area contributed by atoms with Crippen LogP contribution in [0.5, 0.6) is 0 Å². The van der Waals surface area contributed by atoms with Gasteiger partial charge >= 0.3 is 5.97 Å². The number of ether oxygens (including phenoxy) is 1. The van der Waals surface area contributed by atoms with Gasteiger partial charge in [-0.25, -0.2) is 0 Å². The van der Waals surface area contributed by atoms with Crippen LogP contribution < -0.4 is 5.32 Å². The first-order valence-electron chi connectivity index (χ1n) is 5.96. The van der Waals surface area contributed by atoms with Crippen LogP contribution in [0.25, 0.3) is 0 Å². The number of hydrogen-bond donors (Lipinski definition) is 1. The second-order valence-electron chi connectivity index (χ2n) is 4.52. The predicted octanol–water partition coefficient (Wildman–Crippen LogP) is 0.329. The summed E-state index contributed by atoms with van der Waals surface area (Å²) in [5.41, 5.74) is 0. The van der Waals surface area contributed by atoms with E-state index in [4.69, 9.17) is 4.74 Å². The number of likely N-dealkylation sites (tertiary alicyclic amines) is 1. The summed E-state index contributed by atoms with van der Waals surface area (Å²) in [6.07, 6.45) is 2.09. The zero-order chi connectivity index (χ0) is 11.4. The third kappa shape index (κ3) is 3.37. The highest BCUT2D eigenvalue weighted by molar-refractivity contribution is 7.99. The molecular formula is C11H20N2O2S. The van der Waals surface area contributed by atoms with E-state index in [1.807, 2.05) is 11.8 Å². The van der Waals surface area contributed by atoms with Crippen LogP contribution in [0.2, 0.25) is 0 Å². The van der Waals surface area contributed by atoms with Gasteiger partial charge in [0.25, 0.3) is 0 Å². The minimum absolute atomic E-state index is 0.0539. The Kier molecular flexibility index (Phi) is 4.49. The van der Waals surface area contributed by atoms with Gasteiger partial charge in [-0.05, 0) is 19.9 Å². The summed E-state index contributed by atoms with van der Waals surface area (Å²) in [5.74, 6) is 1.89. The van der Waals surface area contributed by atoms with Crippen LogP contribution in [0.4, 0.5) is 0 Å². The Morgan fingerprint density at radius 2 is 2.19 bits per heavy atom. The quantitative estimate of drug-likeness (QED) is 0.709. The highest BCUT2D eigenvalue weighted by Gasteiger charge is 2.26. The van der Waals surface area contributed by atoms with E-state index in [-0.39, 0.29) is 18.1 Å². The van der Waals surface area contributed by atoms with Gasteiger partial charge in [0.15, 0.2) is 0 Å². The molecule has 2 aliphatic heterocycles. The number of carbonyl (C=O) groups excluding carboxylic acids is 1. The summed E-state index contributed by atoms with van der Waals surface area (Å²) in [4.78, 5) is 14.1. The molecule has 0 radical (unpaired) electrons. The second kappa shape index (κ2) is 5.89. The average Bonchev–Trinajstić information content (AvgIpc) is 2.33. The van der Waals surface area contributed by atoms with E-state index in [0.717, 1.165) is 44.0 Å². The van der Waals surface area contributed by atoms with E-state index < -0.39 is 0 Å². The van der Waals surface area contributed by atoms with Crippen LogP contribution in [0.1, 0.15) is 12.8 Å². The van der Waals surface area contributed by atoms with Crippen molar-refractivity contribution in [2.45, 2.75) is 25.0 Å². The van der Waals surface area contributed by atoms with Crippen molar-refractivity contribution in [3.63, 3.8) is 0 Å². The van der Waals surface area contributed by atoms with E-state index in [9.17, 15) is 4.79 Å². The molecule has 0 amide bonds. The fourth-order valence-corrected chi connectivity index (χ4v) is 2.98. The summed E-state index contributed by atoms with van der Waals surface area (Å²) >= 11 is 1.82. The zero-order valence-corrected chi connectivity index (χ0v) is 10.6. The molecule has 2 heterocycles. The van der Waals surface area contributed by atoms with E-state index in [2.05, 4.69) is 17.3 Å². The molecule has 2 rings (SSSR count). The summed E-state index contributed by atoms with van der Waals surface area (Å²) in [6.45, 7) is 2.98. The van der Waals surface area contributed by atoms with Crippen molar-refractivity contribution in [2.75, 3.05) is 38.2 Å². The fraction of sp³-hybridized carbons (Fsp3) is 0.909. The van der Waals surface area contributed by atoms with Crippen LogP contribution in [-0.4, -0.2) is 61.2 Å². The van der Waals surface area contributed by atoms with Crippen molar-refractivity contribution in [1.82, 2.24) is 10.2 Å². The van der Waals surface area contributed by atoms with Gasteiger partial charge in [0.2, 0.25) is 0 Å². The number of hydrogen-bond acceptors (Lipinski definition) is 5. The topological polar surface area (TPSA) is 41.6 Å². The van der Waals surface area contributed by atoms with Gasteiger partial charge < -0.3 is 15.0 Å². The maximum atomic E-state index is 11.8. The summed E-state index contributed by atoms with van der Waals surface area (Å²) in [5, 5.41) is 3.21. The molecule has 92 valence electrons. The van der Waals surface area contributed by atoms with Crippen LogP contribution >= 0.6 is 11.8 Å². The van der Waals surface area contributed by atoms with Crippen LogP contribution in [0.3, 0.4) is 0 Å². The Balaban J connectivity index is 1.73. The standard InChI is InChI=1S/C11H20N2O2S/c1-13-5-2-9(3-6-13)15-11(14)10-8-16-7-4-12-10/h9-10,12H,2-8H2,1H3. The molecule has 0 aliphatic carbocycles. The van der Waals surface area contributed by atoms with Crippen molar-refractivity contribution in [2.24, 2.45) is 0 Å². The van der Waals surface area contributed by atoms with Crippen molar-refractivity contribution in [1.29, 1.82) is 0 Å². The van der Waals surface area contributed by atoms with Crippen molar-refractivity contribution >= 4 is 17.7 Å². The van der Waals surface area contributed by atoms with Crippen LogP contribution in [0, 0.1) is 0 Å². The minimum atomic E-state index is -0.0848. The largest absolute Gasteiger partial charge is 0.461 e. The molecule has 2 aliphatic rings. The molecular weight excluding hydrogens is 224 g/mol. The number of thioether (sulfide) groups is 1. The number of nitrogens with zero attached hydrogens (tertiary/aromatic N) is 1. The molecule has 16 heavy (non-hydrogen) atoms. The molecule has 4 nitrogen and oxygen atoms in total. The maximum absolute atomic E-state index is 11.8. The lowest BCUT2D eigenvalue weighted by atomic mass is 10.1. The Bertz CT molecular complexity index is 236. The molecule has 0 saturated carbocycles. The molecule has 0 aromatic rings. The molecule has 5 heteroatoms. The molecule has 0 aromatic heterocycles. The Labute approximate surface area is 101 Å². The van der Waals surface area contributed by atoms with Crippen molar-refractivity contribution in [3.05, 3.63) is 0 Å². The first-order chi connectivity index (χ1) is 7.75. The molecule has 2 fully saturated rings. The summed E-state index contributed by atoms with van der Waals surface area (Å²) < 4.78 is 5.54. The molecule has 1 unspecified atom stereocenters. The number of esters is 1. The number of carbonyl (C=O) groups is 1. The Morgan fingerprint density at radius 1 is 1.44 bits per heavy atom. The van der Waals surface area contributed by atoms with E-state index in [1.54, 1.807) is 0 Å². The molecule has 0 spiro atoms. The van der Waals surface area contributed by atoms with E-state index in [1.165, 1.54) is 0 Å². The summed E-state index contributed by atoms with van der Waals surface area (Å²) in [6, 6.07) is -0.0848. The van der Waals surface area contributed by atoms with Gasteiger partial charge in [-0.3, -0.25) is 4.79 Å². The first-order valence-corrected chi connectivity index (χ1v) is 7.11. The molecule has 1 N–H and O–H groups in total. The van der Waals surface area contributed by atoms with Crippen LogP contribution in [-0.2, 0) is 9.53 Å². The second-order valence-corrected chi connectivity index (χ2v) is 5.67. The number of rotatable bonds is 2. The predicted molar refractivity (Wildman–Crippen MR) is 65.7 cm³/mol. The number of nitrogens with one attached hydrogen (secondary N) is 1. The Hall–Kier alpha value is -0.260. The SMILES string of the molecule is CN1CCC(OC(=O)C2CSCCN2)CC1. The van der Waals surface area contributed by atoms with Crippen LogP contribution in [0.15, 0.2) is 0 Å². The molecule has 0 bridgehead atoms. The van der Waals surface area contributed by atoms with Crippen molar-refractivity contribution in [3.8, 4) is 0 Å². The number of piperidine rings is 1. The molecule has 2 saturated heterocycles. The zero-order valence-electron chi connectivity index (χ0n) is 9.78. The smallest absolute Gasteiger partial charge is 0.324 e. The maximum Gasteiger partial charge on any atom is 0.324 e. The Morgan fingerprint density at radius 3 is 2.81 bits per heavy atom. The van der Waals surface area contributed by atoms with E-state index in [0.29, 0.717) is 0 Å². The minimum Gasteiger partial charge on any atom is -0.461 e.